The molecule has 0 aromatic carbocycles. The Morgan fingerprint density at radius 1 is 1.53 bits per heavy atom. The molecule has 88 valence electrons. The van der Waals surface area contributed by atoms with Crippen LogP contribution in [-0.2, 0) is 4.79 Å². The fourth-order valence-electron chi connectivity index (χ4n) is 2.19. The normalized spacial score (nSPS) is 23.5. The first-order valence-corrected chi connectivity index (χ1v) is 7.60. The lowest BCUT2D eigenvalue weighted by Crippen LogP contribution is -2.40. The molecule has 1 heterocycles. The van der Waals surface area contributed by atoms with Crippen molar-refractivity contribution in [2.75, 3.05) is 6.54 Å². The van der Waals surface area contributed by atoms with Crippen LogP contribution in [0.3, 0.4) is 0 Å². The van der Waals surface area contributed by atoms with E-state index in [1.54, 1.807) is 0 Å². The second-order valence-electron chi connectivity index (χ2n) is 4.70. The molecule has 2 atom stereocenters. The number of carbonyl (C=O) groups excluding carboxylic acids is 1. The molecule has 0 N–H and O–H groups in total. The molecule has 0 radical (unpaired) electrons. The highest BCUT2D eigenvalue weighted by Crippen LogP contribution is 2.26. The van der Waals surface area contributed by atoms with E-state index in [9.17, 15) is 4.79 Å². The van der Waals surface area contributed by atoms with Crippen LogP contribution < -0.4 is 0 Å². The Labute approximate surface area is 102 Å². The quantitative estimate of drug-likeness (QED) is 0.609. The SMILES string of the molecule is CC(C)C[C@H]1CCCN1C(=O)C(C)SS. The minimum Gasteiger partial charge on any atom is -0.339 e. The van der Waals surface area contributed by atoms with Gasteiger partial charge in [-0.05, 0) is 32.1 Å². The number of thiol groups is 1. The van der Waals surface area contributed by atoms with Crippen LogP contribution in [0.2, 0.25) is 0 Å². The number of nitrogens with zero attached hydrogens (tertiary/aromatic N) is 1. The average molecular weight is 247 g/mol. The van der Waals surface area contributed by atoms with Gasteiger partial charge in [-0.2, -0.15) is 0 Å². The highest BCUT2D eigenvalue weighted by atomic mass is 33.1. The molecule has 1 aliphatic heterocycles. The Kier molecular flexibility index (Phi) is 5.33. The van der Waals surface area contributed by atoms with Gasteiger partial charge < -0.3 is 4.90 Å². The zero-order valence-corrected chi connectivity index (χ0v) is 11.5. The molecule has 2 nitrogen and oxygen atoms in total. The standard InChI is InChI=1S/C11H21NOS2/c1-8(2)7-10-5-4-6-12(10)11(13)9(3)15-14/h8-10,14H,4-7H2,1-3H3/t9?,10-/m1/s1. The summed E-state index contributed by atoms with van der Waals surface area (Å²) in [5.74, 6) is 0.931. The molecular weight excluding hydrogens is 226 g/mol. The number of likely N-dealkylation sites (tertiary alicyclic amines) is 1. The smallest absolute Gasteiger partial charge is 0.236 e. The summed E-state index contributed by atoms with van der Waals surface area (Å²) < 4.78 is 0. The van der Waals surface area contributed by atoms with Crippen LogP contribution >= 0.6 is 22.5 Å². The van der Waals surface area contributed by atoms with Crippen molar-refractivity contribution in [3.05, 3.63) is 0 Å². The summed E-state index contributed by atoms with van der Waals surface area (Å²) in [6.45, 7) is 7.31. The summed E-state index contributed by atoms with van der Waals surface area (Å²) in [7, 11) is 1.34. The van der Waals surface area contributed by atoms with E-state index in [0.29, 0.717) is 12.0 Å². The van der Waals surface area contributed by atoms with Gasteiger partial charge in [-0.25, -0.2) is 0 Å². The highest BCUT2D eigenvalue weighted by Gasteiger charge is 2.31. The second kappa shape index (κ2) is 6.04. The van der Waals surface area contributed by atoms with Crippen LogP contribution in [0.1, 0.15) is 40.0 Å². The summed E-state index contributed by atoms with van der Waals surface area (Å²) in [5, 5.41) is -0.0129. The van der Waals surface area contributed by atoms with E-state index in [4.69, 9.17) is 0 Å². The average Bonchev–Trinajstić information content (AvgIpc) is 2.62. The van der Waals surface area contributed by atoms with Crippen molar-refractivity contribution < 1.29 is 4.79 Å². The Hall–Kier alpha value is 0.170. The Bertz CT molecular complexity index is 221. The van der Waals surface area contributed by atoms with Crippen molar-refractivity contribution >= 4 is 28.4 Å². The van der Waals surface area contributed by atoms with Crippen molar-refractivity contribution in [3.8, 4) is 0 Å². The van der Waals surface area contributed by atoms with Gasteiger partial charge in [-0.15, -0.1) is 11.7 Å². The predicted octanol–water partition coefficient (Wildman–Crippen LogP) is 2.99. The second-order valence-corrected chi connectivity index (χ2v) is 6.26. The number of hydrogen-bond donors (Lipinski definition) is 1. The molecular formula is C11H21NOS2. The van der Waals surface area contributed by atoms with Crippen LogP contribution in [-0.4, -0.2) is 28.6 Å². The first-order valence-electron chi connectivity index (χ1n) is 5.67. The van der Waals surface area contributed by atoms with Crippen molar-refractivity contribution in [1.29, 1.82) is 0 Å². The topological polar surface area (TPSA) is 20.3 Å². The van der Waals surface area contributed by atoms with Gasteiger partial charge in [0, 0.05) is 12.6 Å². The molecule has 0 bridgehead atoms. The van der Waals surface area contributed by atoms with Gasteiger partial charge in [0.2, 0.25) is 5.91 Å². The largest absolute Gasteiger partial charge is 0.339 e. The number of amides is 1. The van der Waals surface area contributed by atoms with E-state index in [-0.39, 0.29) is 11.2 Å². The molecule has 1 aliphatic rings. The van der Waals surface area contributed by atoms with Gasteiger partial charge in [0.1, 0.15) is 0 Å². The van der Waals surface area contributed by atoms with E-state index < -0.39 is 0 Å². The maximum Gasteiger partial charge on any atom is 0.236 e. The van der Waals surface area contributed by atoms with Crippen LogP contribution in [0.25, 0.3) is 0 Å². The van der Waals surface area contributed by atoms with E-state index in [2.05, 4.69) is 30.4 Å². The molecule has 0 aromatic rings. The summed E-state index contributed by atoms with van der Waals surface area (Å²) in [4.78, 5) is 14.1. The molecule has 4 heteroatoms. The lowest BCUT2D eigenvalue weighted by molar-refractivity contribution is -0.131. The van der Waals surface area contributed by atoms with Gasteiger partial charge in [-0.3, -0.25) is 4.79 Å². The fraction of sp³-hybridized carbons (Fsp3) is 0.909. The zero-order valence-electron chi connectivity index (χ0n) is 9.77. The summed E-state index contributed by atoms with van der Waals surface area (Å²) in [6.07, 6.45) is 3.47. The van der Waals surface area contributed by atoms with Gasteiger partial charge in [0.25, 0.3) is 0 Å². The zero-order chi connectivity index (χ0) is 11.4. The number of rotatable bonds is 4. The van der Waals surface area contributed by atoms with E-state index in [1.165, 1.54) is 17.2 Å². The molecule has 1 saturated heterocycles. The third-order valence-electron chi connectivity index (χ3n) is 2.91. The maximum absolute atomic E-state index is 12.0. The van der Waals surface area contributed by atoms with Crippen LogP contribution in [0.15, 0.2) is 0 Å². The monoisotopic (exact) mass is 247 g/mol. The molecule has 1 rings (SSSR count). The minimum absolute atomic E-state index is 0.0129. The molecule has 1 unspecified atom stereocenters. The Morgan fingerprint density at radius 3 is 2.73 bits per heavy atom. The van der Waals surface area contributed by atoms with E-state index >= 15 is 0 Å². The molecule has 0 saturated carbocycles. The van der Waals surface area contributed by atoms with Gasteiger partial charge in [0.15, 0.2) is 0 Å². The lowest BCUT2D eigenvalue weighted by Gasteiger charge is -2.27. The van der Waals surface area contributed by atoms with Crippen LogP contribution in [0.5, 0.6) is 0 Å². The van der Waals surface area contributed by atoms with Crippen molar-refractivity contribution in [3.63, 3.8) is 0 Å². The molecule has 1 amide bonds. The third kappa shape index (κ3) is 3.59. The van der Waals surface area contributed by atoms with Gasteiger partial charge in [-0.1, -0.05) is 24.6 Å². The van der Waals surface area contributed by atoms with Crippen LogP contribution in [0.4, 0.5) is 0 Å². The Morgan fingerprint density at radius 2 is 2.20 bits per heavy atom. The van der Waals surface area contributed by atoms with Crippen molar-refractivity contribution in [2.45, 2.75) is 51.3 Å². The highest BCUT2D eigenvalue weighted by molar-refractivity contribution is 8.69. The van der Waals surface area contributed by atoms with E-state index in [1.807, 2.05) is 6.92 Å². The number of hydrogen-bond acceptors (Lipinski definition) is 3. The predicted molar refractivity (Wildman–Crippen MR) is 70.2 cm³/mol. The molecule has 0 spiro atoms. The van der Waals surface area contributed by atoms with Gasteiger partial charge in [0.05, 0.1) is 5.25 Å². The summed E-state index contributed by atoms with van der Waals surface area (Å²) >= 11 is 4.12. The first kappa shape index (κ1) is 13.2. The van der Waals surface area contributed by atoms with E-state index in [0.717, 1.165) is 19.4 Å². The fourth-order valence-corrected chi connectivity index (χ4v) is 2.69. The first-order chi connectivity index (χ1) is 7.06. The van der Waals surface area contributed by atoms with Gasteiger partial charge >= 0.3 is 0 Å². The van der Waals surface area contributed by atoms with Crippen LogP contribution in [0, 0.1) is 5.92 Å². The van der Waals surface area contributed by atoms with Crippen molar-refractivity contribution in [2.24, 2.45) is 5.92 Å². The maximum atomic E-state index is 12.0. The lowest BCUT2D eigenvalue weighted by atomic mass is 10.0. The number of carbonyl (C=O) groups is 1. The third-order valence-corrected chi connectivity index (χ3v) is 4.38. The Balaban J connectivity index is 2.55. The van der Waals surface area contributed by atoms with Crippen molar-refractivity contribution in [1.82, 2.24) is 4.90 Å². The molecule has 0 aromatic heterocycles. The summed E-state index contributed by atoms with van der Waals surface area (Å²) in [5.41, 5.74) is 0. The molecule has 1 fully saturated rings. The minimum atomic E-state index is -0.0129. The summed E-state index contributed by atoms with van der Waals surface area (Å²) in [6, 6.07) is 0.473. The molecule has 0 aliphatic carbocycles. The molecule has 15 heavy (non-hydrogen) atoms.